The molecule has 0 spiro atoms. The summed E-state index contributed by atoms with van der Waals surface area (Å²) in [5, 5.41) is 6.72. The fourth-order valence-electron chi connectivity index (χ4n) is 3.45. The summed E-state index contributed by atoms with van der Waals surface area (Å²) < 4.78 is 1.53. The lowest BCUT2D eigenvalue weighted by molar-refractivity contribution is 0.0958. The van der Waals surface area contributed by atoms with Crippen molar-refractivity contribution in [1.82, 2.24) is 19.9 Å². The number of rotatable bonds is 2. The zero-order valence-electron chi connectivity index (χ0n) is 16.1. The van der Waals surface area contributed by atoms with Gasteiger partial charge in [0.2, 0.25) is 5.95 Å². The van der Waals surface area contributed by atoms with Crippen molar-refractivity contribution in [3.8, 4) is 11.3 Å². The number of nitrogens with zero attached hydrogens (tertiary/aromatic N) is 2. The number of aromatic nitrogens is 3. The molecule has 27 heavy (non-hydrogen) atoms. The quantitative estimate of drug-likeness (QED) is 0.651. The monoisotopic (exact) mass is 365 g/mol. The Kier molecular flexibility index (Phi) is 3.66. The molecule has 4 rings (SSSR count). The zero-order valence-corrected chi connectivity index (χ0v) is 16.1. The van der Waals surface area contributed by atoms with Gasteiger partial charge in [-0.05, 0) is 39.8 Å². The largest absolute Gasteiger partial charge is 0.356 e. The van der Waals surface area contributed by atoms with Gasteiger partial charge in [-0.2, -0.15) is 0 Å². The number of carbonyl (C=O) groups excluding carboxylic acids is 1. The summed E-state index contributed by atoms with van der Waals surface area (Å²) in [5.74, 6) is 0.428. The summed E-state index contributed by atoms with van der Waals surface area (Å²) in [7, 11) is 1.71. The Morgan fingerprint density at radius 3 is 2.59 bits per heavy atom. The van der Waals surface area contributed by atoms with Crippen LogP contribution < -0.4 is 16.2 Å². The fourth-order valence-corrected chi connectivity index (χ4v) is 3.45. The average molecular weight is 365 g/mol. The van der Waals surface area contributed by atoms with Crippen LogP contribution in [0.3, 0.4) is 0 Å². The molecule has 1 unspecified atom stereocenters. The molecule has 1 amide bonds. The Hall–Kier alpha value is -3.09. The van der Waals surface area contributed by atoms with E-state index in [0.29, 0.717) is 22.4 Å². The van der Waals surface area contributed by atoms with Gasteiger partial charge in [0.15, 0.2) is 0 Å². The number of H-pyrrole nitrogens is 1. The van der Waals surface area contributed by atoms with Crippen molar-refractivity contribution < 1.29 is 4.79 Å². The highest BCUT2D eigenvalue weighted by molar-refractivity contribution is 6.01. The number of benzene rings is 1. The Bertz CT molecular complexity index is 1130. The molecule has 3 N–H and O–H groups in total. The van der Waals surface area contributed by atoms with Crippen molar-refractivity contribution in [3.63, 3.8) is 0 Å². The molecule has 1 aromatic carbocycles. The number of fused-ring (bicyclic) bond motifs is 2. The molecule has 3 heterocycles. The molecule has 3 aromatic rings. The summed E-state index contributed by atoms with van der Waals surface area (Å²) >= 11 is 0. The SMILES string of the molecule is CC1NC(=O)c2cc(-c3cccc4c(=O)n(C)c(NC(C)(C)C)nc34)[nH]c21. The van der Waals surface area contributed by atoms with Crippen LogP contribution in [-0.4, -0.2) is 26.0 Å². The van der Waals surface area contributed by atoms with Crippen LogP contribution in [0.1, 0.15) is 49.8 Å². The van der Waals surface area contributed by atoms with Crippen LogP contribution in [0.5, 0.6) is 0 Å². The number of carbonyl (C=O) groups is 1. The third-order valence-corrected chi connectivity index (χ3v) is 4.76. The molecule has 7 heteroatoms. The maximum atomic E-state index is 12.9. The molecule has 0 aliphatic carbocycles. The molecule has 0 saturated carbocycles. The molecule has 2 aromatic heterocycles. The van der Waals surface area contributed by atoms with E-state index >= 15 is 0 Å². The first-order valence-corrected chi connectivity index (χ1v) is 8.98. The van der Waals surface area contributed by atoms with Crippen molar-refractivity contribution in [2.75, 3.05) is 5.32 Å². The number of anilines is 1. The predicted octanol–water partition coefficient (Wildman–Crippen LogP) is 2.94. The Morgan fingerprint density at radius 1 is 1.19 bits per heavy atom. The smallest absolute Gasteiger partial charge is 0.262 e. The van der Waals surface area contributed by atoms with E-state index in [-0.39, 0.29) is 23.0 Å². The van der Waals surface area contributed by atoms with E-state index in [1.807, 2.05) is 45.9 Å². The average Bonchev–Trinajstić information content (AvgIpc) is 3.13. The summed E-state index contributed by atoms with van der Waals surface area (Å²) in [4.78, 5) is 33.0. The third kappa shape index (κ3) is 2.79. The maximum absolute atomic E-state index is 12.9. The van der Waals surface area contributed by atoms with E-state index in [0.717, 1.165) is 17.0 Å². The van der Waals surface area contributed by atoms with E-state index in [1.165, 1.54) is 4.57 Å². The molecule has 1 atom stereocenters. The minimum atomic E-state index is -0.235. The molecular formula is C20H23N5O2. The molecule has 7 nitrogen and oxygen atoms in total. The van der Waals surface area contributed by atoms with Crippen LogP contribution in [-0.2, 0) is 7.05 Å². The van der Waals surface area contributed by atoms with Crippen molar-refractivity contribution in [3.05, 3.63) is 45.9 Å². The summed E-state index contributed by atoms with van der Waals surface area (Å²) in [6.07, 6.45) is 0. The summed E-state index contributed by atoms with van der Waals surface area (Å²) in [5.41, 5.74) is 3.36. The van der Waals surface area contributed by atoms with E-state index in [4.69, 9.17) is 4.98 Å². The van der Waals surface area contributed by atoms with Crippen molar-refractivity contribution in [1.29, 1.82) is 0 Å². The van der Waals surface area contributed by atoms with E-state index in [1.54, 1.807) is 13.1 Å². The van der Waals surface area contributed by atoms with Crippen molar-refractivity contribution in [2.24, 2.45) is 7.05 Å². The van der Waals surface area contributed by atoms with Gasteiger partial charge in [-0.1, -0.05) is 12.1 Å². The standard InChI is InChI=1S/C20H23N5O2/c1-10-15-13(17(26)21-10)9-14(22-15)11-7-6-8-12-16(11)23-19(24-20(2,3)4)25(5)18(12)27/h6-10,22H,1-5H3,(H,21,26)(H,23,24). The van der Waals surface area contributed by atoms with Gasteiger partial charge in [0.05, 0.1) is 28.2 Å². The van der Waals surface area contributed by atoms with E-state index < -0.39 is 0 Å². The minimum absolute atomic E-state index is 0.0600. The highest BCUT2D eigenvalue weighted by Crippen LogP contribution is 2.32. The Morgan fingerprint density at radius 2 is 1.93 bits per heavy atom. The number of aromatic amines is 1. The number of para-hydroxylation sites is 1. The molecule has 0 saturated heterocycles. The van der Waals surface area contributed by atoms with Crippen molar-refractivity contribution >= 4 is 22.8 Å². The number of hydrogen-bond acceptors (Lipinski definition) is 4. The Labute approximate surface area is 156 Å². The molecule has 0 radical (unpaired) electrons. The minimum Gasteiger partial charge on any atom is -0.356 e. The topological polar surface area (TPSA) is 91.8 Å². The second kappa shape index (κ2) is 5.70. The van der Waals surface area contributed by atoms with Gasteiger partial charge in [-0.25, -0.2) is 4.98 Å². The molecule has 1 aliphatic rings. The molecule has 140 valence electrons. The van der Waals surface area contributed by atoms with Crippen LogP contribution in [0.2, 0.25) is 0 Å². The van der Waals surface area contributed by atoms with Crippen LogP contribution >= 0.6 is 0 Å². The van der Waals surface area contributed by atoms with Gasteiger partial charge in [-0.15, -0.1) is 0 Å². The second-order valence-corrected chi connectivity index (χ2v) is 8.08. The number of hydrogen-bond donors (Lipinski definition) is 3. The second-order valence-electron chi connectivity index (χ2n) is 8.08. The Balaban J connectivity index is 1.95. The van der Waals surface area contributed by atoms with E-state index in [2.05, 4.69) is 15.6 Å². The van der Waals surface area contributed by atoms with Crippen LogP contribution in [0.25, 0.3) is 22.2 Å². The molecular weight excluding hydrogens is 342 g/mol. The fraction of sp³-hybridized carbons (Fsp3) is 0.350. The third-order valence-electron chi connectivity index (χ3n) is 4.76. The predicted molar refractivity (Wildman–Crippen MR) is 106 cm³/mol. The first-order chi connectivity index (χ1) is 12.7. The summed E-state index contributed by atoms with van der Waals surface area (Å²) in [6, 6.07) is 7.31. The molecule has 0 fully saturated rings. The summed E-state index contributed by atoms with van der Waals surface area (Å²) in [6.45, 7) is 7.99. The van der Waals surface area contributed by atoms with Crippen LogP contribution in [0, 0.1) is 0 Å². The number of nitrogens with one attached hydrogen (secondary N) is 3. The maximum Gasteiger partial charge on any atom is 0.262 e. The van der Waals surface area contributed by atoms with Gasteiger partial charge >= 0.3 is 0 Å². The highest BCUT2D eigenvalue weighted by Gasteiger charge is 2.28. The van der Waals surface area contributed by atoms with Crippen molar-refractivity contribution in [2.45, 2.75) is 39.3 Å². The number of amides is 1. The van der Waals surface area contributed by atoms with Crippen LogP contribution in [0.4, 0.5) is 5.95 Å². The first-order valence-electron chi connectivity index (χ1n) is 8.98. The highest BCUT2D eigenvalue weighted by atomic mass is 16.2. The van der Waals surface area contributed by atoms with Gasteiger partial charge in [0, 0.05) is 23.8 Å². The van der Waals surface area contributed by atoms with Gasteiger partial charge in [-0.3, -0.25) is 14.2 Å². The molecule has 1 aliphatic heterocycles. The lowest BCUT2D eigenvalue weighted by Gasteiger charge is -2.23. The van der Waals surface area contributed by atoms with E-state index in [9.17, 15) is 9.59 Å². The lowest BCUT2D eigenvalue weighted by atomic mass is 10.1. The zero-order chi connectivity index (χ0) is 19.5. The lowest BCUT2D eigenvalue weighted by Crippen LogP contribution is -2.32. The van der Waals surface area contributed by atoms with Gasteiger partial charge in [0.25, 0.3) is 11.5 Å². The van der Waals surface area contributed by atoms with Gasteiger partial charge < -0.3 is 15.6 Å². The molecule has 0 bridgehead atoms. The van der Waals surface area contributed by atoms with Gasteiger partial charge in [0.1, 0.15) is 0 Å². The normalized spacial score (nSPS) is 16.5. The first kappa shape index (κ1) is 17.3. The van der Waals surface area contributed by atoms with Crippen LogP contribution in [0.15, 0.2) is 29.1 Å².